The summed E-state index contributed by atoms with van der Waals surface area (Å²) in [5.41, 5.74) is 0.914. The summed E-state index contributed by atoms with van der Waals surface area (Å²) in [6, 6.07) is 0. The molecule has 0 aliphatic carbocycles. The number of rotatable bonds is 0. The topological polar surface area (TPSA) is 29.5 Å². The van der Waals surface area contributed by atoms with Gasteiger partial charge in [0, 0.05) is 0 Å². The van der Waals surface area contributed by atoms with Crippen LogP contribution < -0.4 is 0 Å². The zero-order valence-electron chi connectivity index (χ0n) is 5.09. The second-order valence-corrected chi connectivity index (χ2v) is 2.10. The minimum atomic E-state index is -0.648. The standard InChI is InChI=1S/C6H10O2/c1-4-3-5(2)8-6(4)7/h3,5-7H,1-2H3. The van der Waals surface area contributed by atoms with Gasteiger partial charge in [-0.1, -0.05) is 6.08 Å². The first-order valence-electron chi connectivity index (χ1n) is 2.72. The van der Waals surface area contributed by atoms with Crippen molar-refractivity contribution in [3.63, 3.8) is 0 Å². The Hall–Kier alpha value is -0.340. The molecule has 8 heavy (non-hydrogen) atoms. The third kappa shape index (κ3) is 0.904. The molecule has 1 aliphatic heterocycles. The van der Waals surface area contributed by atoms with Crippen LogP contribution in [0.3, 0.4) is 0 Å². The van der Waals surface area contributed by atoms with Gasteiger partial charge >= 0.3 is 0 Å². The fourth-order valence-corrected chi connectivity index (χ4v) is 0.802. The molecule has 2 atom stereocenters. The fourth-order valence-electron chi connectivity index (χ4n) is 0.802. The Bertz CT molecular complexity index is 118. The Balaban J connectivity index is 2.59. The number of aliphatic hydroxyl groups is 1. The van der Waals surface area contributed by atoms with Gasteiger partial charge in [0.05, 0.1) is 6.10 Å². The van der Waals surface area contributed by atoms with Crippen molar-refractivity contribution in [2.45, 2.75) is 26.2 Å². The molecule has 0 amide bonds. The minimum Gasteiger partial charge on any atom is -0.364 e. The molecule has 2 unspecified atom stereocenters. The van der Waals surface area contributed by atoms with E-state index < -0.39 is 6.29 Å². The van der Waals surface area contributed by atoms with E-state index in [4.69, 9.17) is 9.84 Å². The summed E-state index contributed by atoms with van der Waals surface area (Å²) < 4.78 is 4.94. The summed E-state index contributed by atoms with van der Waals surface area (Å²) in [5, 5.41) is 8.88. The summed E-state index contributed by atoms with van der Waals surface area (Å²) in [4.78, 5) is 0. The monoisotopic (exact) mass is 114 g/mol. The van der Waals surface area contributed by atoms with Gasteiger partial charge in [0.1, 0.15) is 0 Å². The van der Waals surface area contributed by atoms with E-state index in [9.17, 15) is 0 Å². The molecule has 46 valence electrons. The van der Waals surface area contributed by atoms with E-state index in [0.29, 0.717) is 0 Å². The molecule has 1 N–H and O–H groups in total. The van der Waals surface area contributed by atoms with E-state index in [0.717, 1.165) is 5.57 Å². The Morgan fingerprint density at radius 2 is 2.38 bits per heavy atom. The summed E-state index contributed by atoms with van der Waals surface area (Å²) >= 11 is 0. The average Bonchev–Trinajstić information content (AvgIpc) is 1.85. The zero-order chi connectivity index (χ0) is 6.15. The third-order valence-electron chi connectivity index (χ3n) is 1.23. The predicted octanol–water partition coefficient (Wildman–Crippen LogP) is 0.670. The molecule has 1 heterocycles. The Morgan fingerprint density at radius 1 is 1.75 bits per heavy atom. The SMILES string of the molecule is CC1=CC(C)OC1O. The molecular weight excluding hydrogens is 104 g/mol. The van der Waals surface area contributed by atoms with E-state index in [2.05, 4.69) is 0 Å². The third-order valence-corrected chi connectivity index (χ3v) is 1.23. The molecule has 1 aliphatic rings. The van der Waals surface area contributed by atoms with Gasteiger partial charge < -0.3 is 9.84 Å². The average molecular weight is 114 g/mol. The van der Waals surface area contributed by atoms with Crippen molar-refractivity contribution in [2.24, 2.45) is 0 Å². The minimum absolute atomic E-state index is 0.0880. The summed E-state index contributed by atoms with van der Waals surface area (Å²) in [7, 11) is 0. The molecule has 0 spiro atoms. The van der Waals surface area contributed by atoms with E-state index in [-0.39, 0.29) is 6.10 Å². The molecular formula is C6H10O2. The van der Waals surface area contributed by atoms with Crippen LogP contribution in [0.1, 0.15) is 13.8 Å². The Morgan fingerprint density at radius 3 is 2.50 bits per heavy atom. The molecule has 0 bridgehead atoms. The van der Waals surface area contributed by atoms with Crippen molar-refractivity contribution >= 4 is 0 Å². The number of hydrogen-bond donors (Lipinski definition) is 1. The summed E-state index contributed by atoms with van der Waals surface area (Å²) in [6.07, 6.45) is 1.35. The van der Waals surface area contributed by atoms with Crippen LogP contribution in [0.4, 0.5) is 0 Å². The highest BCUT2D eigenvalue weighted by Crippen LogP contribution is 2.15. The second-order valence-electron chi connectivity index (χ2n) is 2.10. The lowest BCUT2D eigenvalue weighted by molar-refractivity contribution is -0.0736. The van der Waals surface area contributed by atoms with Crippen molar-refractivity contribution in [1.82, 2.24) is 0 Å². The maximum absolute atomic E-state index is 8.88. The molecule has 1 rings (SSSR count). The van der Waals surface area contributed by atoms with Gasteiger partial charge in [-0.15, -0.1) is 0 Å². The lowest BCUT2D eigenvalue weighted by Gasteiger charge is -2.03. The van der Waals surface area contributed by atoms with Gasteiger partial charge in [0.2, 0.25) is 0 Å². The fraction of sp³-hybridized carbons (Fsp3) is 0.667. The first kappa shape index (κ1) is 5.79. The lowest BCUT2D eigenvalue weighted by atomic mass is 10.3. The Kier molecular flexibility index (Phi) is 1.36. The maximum atomic E-state index is 8.88. The summed E-state index contributed by atoms with van der Waals surface area (Å²) in [5.74, 6) is 0. The van der Waals surface area contributed by atoms with Crippen LogP contribution in [0.25, 0.3) is 0 Å². The highest BCUT2D eigenvalue weighted by molar-refractivity contribution is 5.09. The predicted molar refractivity (Wildman–Crippen MR) is 30.3 cm³/mol. The molecule has 0 radical (unpaired) electrons. The number of aliphatic hydroxyl groups excluding tert-OH is 1. The lowest BCUT2D eigenvalue weighted by Crippen LogP contribution is -2.09. The largest absolute Gasteiger partial charge is 0.364 e. The van der Waals surface area contributed by atoms with Crippen molar-refractivity contribution in [3.05, 3.63) is 11.6 Å². The van der Waals surface area contributed by atoms with Gasteiger partial charge in [-0.05, 0) is 19.4 Å². The van der Waals surface area contributed by atoms with E-state index in [1.165, 1.54) is 0 Å². The van der Waals surface area contributed by atoms with Crippen LogP contribution in [0.2, 0.25) is 0 Å². The van der Waals surface area contributed by atoms with Gasteiger partial charge in [0.15, 0.2) is 6.29 Å². The van der Waals surface area contributed by atoms with Crippen LogP contribution in [-0.4, -0.2) is 17.5 Å². The molecule has 0 aromatic carbocycles. The van der Waals surface area contributed by atoms with Crippen LogP contribution in [0.5, 0.6) is 0 Å². The first-order chi connectivity index (χ1) is 3.70. The first-order valence-corrected chi connectivity index (χ1v) is 2.72. The van der Waals surface area contributed by atoms with E-state index in [1.807, 2.05) is 19.9 Å². The van der Waals surface area contributed by atoms with E-state index >= 15 is 0 Å². The molecule has 0 aromatic rings. The van der Waals surface area contributed by atoms with Gasteiger partial charge in [-0.25, -0.2) is 0 Å². The van der Waals surface area contributed by atoms with Crippen LogP contribution in [0, 0.1) is 0 Å². The smallest absolute Gasteiger partial charge is 0.177 e. The van der Waals surface area contributed by atoms with Crippen molar-refractivity contribution in [3.8, 4) is 0 Å². The summed E-state index contributed by atoms with van der Waals surface area (Å²) in [6.45, 7) is 3.76. The maximum Gasteiger partial charge on any atom is 0.177 e. The number of ether oxygens (including phenoxy) is 1. The van der Waals surface area contributed by atoms with Gasteiger partial charge in [-0.2, -0.15) is 0 Å². The zero-order valence-corrected chi connectivity index (χ0v) is 5.09. The van der Waals surface area contributed by atoms with Crippen molar-refractivity contribution in [2.75, 3.05) is 0 Å². The molecule has 0 saturated heterocycles. The quantitative estimate of drug-likeness (QED) is 0.469. The number of hydrogen-bond acceptors (Lipinski definition) is 2. The van der Waals surface area contributed by atoms with E-state index in [1.54, 1.807) is 0 Å². The highest BCUT2D eigenvalue weighted by atomic mass is 16.6. The molecule has 0 aromatic heterocycles. The normalized spacial score (nSPS) is 37.6. The molecule has 2 heteroatoms. The molecule has 0 fully saturated rings. The van der Waals surface area contributed by atoms with Crippen LogP contribution >= 0.6 is 0 Å². The molecule has 2 nitrogen and oxygen atoms in total. The van der Waals surface area contributed by atoms with Crippen molar-refractivity contribution < 1.29 is 9.84 Å². The second kappa shape index (κ2) is 1.88. The van der Waals surface area contributed by atoms with Crippen LogP contribution in [0.15, 0.2) is 11.6 Å². The van der Waals surface area contributed by atoms with Crippen molar-refractivity contribution in [1.29, 1.82) is 0 Å². The van der Waals surface area contributed by atoms with Gasteiger partial charge in [-0.3, -0.25) is 0 Å². The van der Waals surface area contributed by atoms with Crippen LogP contribution in [-0.2, 0) is 4.74 Å². The van der Waals surface area contributed by atoms with Gasteiger partial charge in [0.25, 0.3) is 0 Å². The highest BCUT2D eigenvalue weighted by Gasteiger charge is 2.17. The molecule has 0 saturated carbocycles. The Labute approximate surface area is 48.8 Å².